The van der Waals surface area contributed by atoms with Crippen LogP contribution in [0.1, 0.15) is 23.7 Å². The number of carboxylic acids is 1. The van der Waals surface area contributed by atoms with Crippen LogP contribution in [0, 0.1) is 5.92 Å². The molecule has 116 valence electrons. The lowest BCUT2D eigenvalue weighted by atomic mass is 9.99. The Kier molecular flexibility index (Phi) is 4.72. The number of carbonyl (C=O) groups is 1. The van der Waals surface area contributed by atoms with Crippen molar-refractivity contribution in [1.29, 1.82) is 0 Å². The van der Waals surface area contributed by atoms with E-state index in [1.165, 1.54) is 16.4 Å². The van der Waals surface area contributed by atoms with Gasteiger partial charge in [0.1, 0.15) is 0 Å². The Bertz CT molecular complexity index is 661. The van der Waals surface area contributed by atoms with Crippen LogP contribution in [-0.2, 0) is 10.0 Å². The summed E-state index contributed by atoms with van der Waals surface area (Å²) < 4.78 is 26.9. The van der Waals surface area contributed by atoms with Gasteiger partial charge in [-0.2, -0.15) is 4.31 Å². The van der Waals surface area contributed by atoms with Gasteiger partial charge >= 0.3 is 5.97 Å². The number of aliphatic hydroxyl groups excluding tert-OH is 1. The molecule has 8 heteroatoms. The van der Waals surface area contributed by atoms with Crippen molar-refractivity contribution in [2.75, 3.05) is 13.1 Å². The van der Waals surface area contributed by atoms with Crippen molar-refractivity contribution in [3.05, 3.63) is 28.2 Å². The van der Waals surface area contributed by atoms with Crippen molar-refractivity contribution in [3.8, 4) is 0 Å². The van der Waals surface area contributed by atoms with Crippen LogP contribution in [0.4, 0.5) is 0 Å². The fourth-order valence-electron chi connectivity index (χ4n) is 2.29. The molecule has 0 radical (unpaired) electrons. The number of piperidine rings is 1. The van der Waals surface area contributed by atoms with Gasteiger partial charge in [0.2, 0.25) is 10.0 Å². The smallest absolute Gasteiger partial charge is 0.335 e. The number of sulfonamides is 1. The average molecular weight is 378 g/mol. The molecule has 2 N–H and O–H groups in total. The predicted molar refractivity (Wildman–Crippen MR) is 79.6 cm³/mol. The lowest BCUT2D eigenvalue weighted by Gasteiger charge is -2.33. The van der Waals surface area contributed by atoms with Gasteiger partial charge in [0, 0.05) is 17.6 Å². The summed E-state index contributed by atoms with van der Waals surface area (Å²) in [5.74, 6) is -1.34. The zero-order valence-electron chi connectivity index (χ0n) is 11.4. The highest BCUT2D eigenvalue weighted by Gasteiger charge is 2.34. The highest BCUT2D eigenvalue weighted by molar-refractivity contribution is 9.10. The van der Waals surface area contributed by atoms with Crippen molar-refractivity contribution in [2.24, 2.45) is 5.92 Å². The Morgan fingerprint density at radius 2 is 2.10 bits per heavy atom. The van der Waals surface area contributed by atoms with Gasteiger partial charge in [-0.15, -0.1) is 0 Å². The highest BCUT2D eigenvalue weighted by atomic mass is 79.9. The van der Waals surface area contributed by atoms with Crippen LogP contribution in [0.15, 0.2) is 27.6 Å². The van der Waals surface area contributed by atoms with Crippen LogP contribution in [0.5, 0.6) is 0 Å². The van der Waals surface area contributed by atoms with Crippen LogP contribution in [0.3, 0.4) is 0 Å². The molecule has 2 unspecified atom stereocenters. The van der Waals surface area contributed by atoms with Crippen LogP contribution in [0.2, 0.25) is 0 Å². The Labute approximate surface area is 131 Å². The standard InChI is InChI=1S/C13H16BrNO5S/c1-8-7-15(5-4-11(8)16)21(19,20)12-6-9(13(17)18)2-3-10(12)14/h2-3,6,8,11,16H,4-5,7H2,1H3,(H,17,18). The van der Waals surface area contributed by atoms with Gasteiger partial charge in [-0.3, -0.25) is 0 Å². The quantitative estimate of drug-likeness (QED) is 0.832. The van der Waals surface area contributed by atoms with Crippen molar-refractivity contribution in [3.63, 3.8) is 0 Å². The molecule has 1 saturated heterocycles. The SMILES string of the molecule is CC1CN(S(=O)(=O)c2cc(C(=O)O)ccc2Br)CCC1O. The fraction of sp³-hybridized carbons (Fsp3) is 0.462. The summed E-state index contributed by atoms with van der Waals surface area (Å²) in [6.07, 6.45) is -0.137. The predicted octanol–water partition coefficient (Wildman–Crippen LogP) is 1.54. The van der Waals surface area contributed by atoms with E-state index in [4.69, 9.17) is 5.11 Å². The monoisotopic (exact) mass is 377 g/mol. The molecule has 0 aliphatic carbocycles. The molecule has 2 atom stereocenters. The molecule has 1 fully saturated rings. The molecule has 1 aromatic rings. The summed E-state index contributed by atoms with van der Waals surface area (Å²) in [7, 11) is -3.79. The molecule has 1 aliphatic heterocycles. The maximum absolute atomic E-state index is 12.7. The molecule has 0 spiro atoms. The third-order valence-corrected chi connectivity index (χ3v) is 6.48. The largest absolute Gasteiger partial charge is 0.478 e. The number of rotatable bonds is 3. The molecule has 0 bridgehead atoms. The van der Waals surface area contributed by atoms with Crippen molar-refractivity contribution < 1.29 is 23.4 Å². The molecule has 1 heterocycles. The maximum Gasteiger partial charge on any atom is 0.335 e. The highest BCUT2D eigenvalue weighted by Crippen LogP contribution is 2.29. The molecule has 1 aromatic carbocycles. The third-order valence-electron chi connectivity index (χ3n) is 3.62. The summed E-state index contributed by atoms with van der Waals surface area (Å²) in [4.78, 5) is 10.9. The zero-order chi connectivity index (χ0) is 15.8. The third kappa shape index (κ3) is 3.28. The first kappa shape index (κ1) is 16.4. The number of hydrogen-bond donors (Lipinski definition) is 2. The number of hydrogen-bond acceptors (Lipinski definition) is 4. The molecule has 21 heavy (non-hydrogen) atoms. The lowest BCUT2D eigenvalue weighted by Crippen LogP contribution is -2.44. The van der Waals surface area contributed by atoms with Crippen molar-refractivity contribution >= 4 is 31.9 Å². The first-order chi connectivity index (χ1) is 9.73. The van der Waals surface area contributed by atoms with E-state index in [-0.39, 0.29) is 29.5 Å². The first-order valence-corrected chi connectivity index (χ1v) is 8.68. The molecule has 2 rings (SSSR count). The number of aromatic carboxylic acids is 1. The number of halogens is 1. The molecular weight excluding hydrogens is 362 g/mol. The summed E-state index contributed by atoms with van der Waals surface area (Å²) in [6, 6.07) is 3.91. The second kappa shape index (κ2) is 6.04. The number of benzene rings is 1. The molecule has 1 aliphatic rings. The van der Waals surface area contributed by atoms with E-state index in [0.717, 1.165) is 6.07 Å². The Morgan fingerprint density at radius 1 is 1.43 bits per heavy atom. The van der Waals surface area contributed by atoms with Crippen molar-refractivity contribution in [2.45, 2.75) is 24.3 Å². The van der Waals surface area contributed by atoms with E-state index in [9.17, 15) is 18.3 Å². The topological polar surface area (TPSA) is 94.9 Å². The number of carboxylic acid groups (broad SMARTS) is 1. The van der Waals surface area contributed by atoms with Gasteiger partial charge in [-0.1, -0.05) is 6.92 Å². The van der Waals surface area contributed by atoms with E-state index in [1.807, 2.05) is 0 Å². The summed E-state index contributed by atoms with van der Waals surface area (Å²) >= 11 is 3.16. The molecule has 0 aromatic heterocycles. The summed E-state index contributed by atoms with van der Waals surface area (Å²) in [6.45, 7) is 2.22. The molecular formula is C13H16BrNO5S. The minimum atomic E-state index is -3.79. The van der Waals surface area contributed by atoms with Gasteiger partial charge < -0.3 is 10.2 Å². The normalized spacial score (nSPS) is 24.0. The lowest BCUT2D eigenvalue weighted by molar-refractivity contribution is 0.0628. The summed E-state index contributed by atoms with van der Waals surface area (Å²) in [5, 5.41) is 18.7. The van der Waals surface area contributed by atoms with Crippen LogP contribution in [-0.4, -0.2) is 48.1 Å². The van der Waals surface area contributed by atoms with E-state index < -0.39 is 22.1 Å². The van der Waals surface area contributed by atoms with Gasteiger partial charge in [0.05, 0.1) is 16.6 Å². The minimum Gasteiger partial charge on any atom is -0.478 e. The van der Waals surface area contributed by atoms with Crippen molar-refractivity contribution in [1.82, 2.24) is 4.31 Å². The molecule has 0 amide bonds. The number of nitrogens with zero attached hydrogens (tertiary/aromatic N) is 1. The fourth-order valence-corrected chi connectivity index (χ4v) is 4.79. The number of aliphatic hydroxyl groups is 1. The first-order valence-electron chi connectivity index (χ1n) is 6.44. The van der Waals surface area contributed by atoms with E-state index in [0.29, 0.717) is 10.9 Å². The Balaban J connectivity index is 2.40. The molecule has 0 saturated carbocycles. The van der Waals surface area contributed by atoms with Crippen LogP contribution in [0.25, 0.3) is 0 Å². The van der Waals surface area contributed by atoms with Gasteiger partial charge in [-0.25, -0.2) is 13.2 Å². The zero-order valence-corrected chi connectivity index (χ0v) is 13.8. The van der Waals surface area contributed by atoms with Gasteiger partial charge in [0.25, 0.3) is 0 Å². The second-order valence-corrected chi connectivity index (χ2v) is 7.91. The second-order valence-electron chi connectivity index (χ2n) is 5.15. The van der Waals surface area contributed by atoms with Gasteiger partial charge in [0.15, 0.2) is 0 Å². The maximum atomic E-state index is 12.7. The Morgan fingerprint density at radius 3 is 2.67 bits per heavy atom. The summed E-state index contributed by atoms with van der Waals surface area (Å²) in [5.41, 5.74) is -0.0816. The van der Waals surface area contributed by atoms with Crippen LogP contribution < -0.4 is 0 Å². The van der Waals surface area contributed by atoms with E-state index >= 15 is 0 Å². The van der Waals surface area contributed by atoms with E-state index in [1.54, 1.807) is 6.92 Å². The minimum absolute atomic E-state index is 0.0639. The van der Waals surface area contributed by atoms with Gasteiger partial charge in [-0.05, 0) is 46.5 Å². The average Bonchev–Trinajstić information content (AvgIpc) is 2.41. The van der Waals surface area contributed by atoms with E-state index in [2.05, 4.69) is 15.9 Å². The molecule has 6 nitrogen and oxygen atoms in total. The Hall–Kier alpha value is -0.960. The van der Waals surface area contributed by atoms with Crippen LogP contribution >= 0.6 is 15.9 Å².